The number of hydrogen-bond acceptors (Lipinski definition) is 6. The van der Waals surface area contributed by atoms with E-state index in [-0.39, 0.29) is 11.3 Å². The molecule has 2 aromatic carbocycles. The number of ether oxygens (including phenoxy) is 2. The molecular formula is C20H23NO6S2. The summed E-state index contributed by atoms with van der Waals surface area (Å²) in [5.74, 6) is 1.32. The van der Waals surface area contributed by atoms with Gasteiger partial charge in [-0.05, 0) is 49.2 Å². The Labute approximate surface area is 172 Å². The SMILES string of the molecule is COC(=O)CC1(NS(=O)(=O)c2ccc(Oc3ccccc3)cc2)CCS(=O)CC1. The zero-order chi connectivity index (χ0) is 20.9. The summed E-state index contributed by atoms with van der Waals surface area (Å²) in [4.78, 5) is 11.9. The molecule has 29 heavy (non-hydrogen) atoms. The number of esters is 1. The predicted molar refractivity (Wildman–Crippen MR) is 110 cm³/mol. The number of hydrogen-bond donors (Lipinski definition) is 1. The van der Waals surface area contributed by atoms with Crippen molar-refractivity contribution < 1.29 is 26.9 Å². The van der Waals surface area contributed by atoms with Gasteiger partial charge in [0, 0.05) is 27.8 Å². The average Bonchev–Trinajstić information content (AvgIpc) is 2.71. The zero-order valence-corrected chi connectivity index (χ0v) is 17.6. The molecule has 0 atom stereocenters. The molecule has 3 rings (SSSR count). The summed E-state index contributed by atoms with van der Waals surface area (Å²) in [7, 11) is -3.63. The Morgan fingerprint density at radius 1 is 1.03 bits per heavy atom. The summed E-state index contributed by atoms with van der Waals surface area (Å²) in [5.41, 5.74) is -1.00. The van der Waals surface area contributed by atoms with E-state index in [1.165, 1.54) is 19.2 Å². The van der Waals surface area contributed by atoms with E-state index in [1.54, 1.807) is 24.3 Å². The topological polar surface area (TPSA) is 98.8 Å². The molecule has 1 aliphatic heterocycles. The van der Waals surface area contributed by atoms with Crippen molar-refractivity contribution in [1.82, 2.24) is 4.72 Å². The van der Waals surface area contributed by atoms with E-state index in [0.717, 1.165) is 0 Å². The van der Waals surface area contributed by atoms with Crippen molar-refractivity contribution in [3.63, 3.8) is 0 Å². The molecule has 0 aromatic heterocycles. The van der Waals surface area contributed by atoms with Gasteiger partial charge in [0.1, 0.15) is 11.5 Å². The molecule has 156 valence electrons. The molecular weight excluding hydrogens is 414 g/mol. The Morgan fingerprint density at radius 3 is 2.21 bits per heavy atom. The lowest BCUT2D eigenvalue weighted by molar-refractivity contribution is -0.142. The third kappa shape index (κ3) is 5.65. The van der Waals surface area contributed by atoms with Crippen molar-refractivity contribution in [2.75, 3.05) is 18.6 Å². The van der Waals surface area contributed by atoms with Gasteiger partial charge in [-0.15, -0.1) is 0 Å². The van der Waals surface area contributed by atoms with E-state index in [4.69, 9.17) is 9.47 Å². The van der Waals surface area contributed by atoms with Crippen LogP contribution in [0.15, 0.2) is 59.5 Å². The van der Waals surface area contributed by atoms with Gasteiger partial charge in [0.25, 0.3) is 0 Å². The van der Waals surface area contributed by atoms with Gasteiger partial charge in [0.05, 0.1) is 18.4 Å². The van der Waals surface area contributed by atoms with Crippen LogP contribution in [0.2, 0.25) is 0 Å². The maximum atomic E-state index is 12.9. The standard InChI is InChI=1S/C20H23NO6S2/c1-26-19(22)15-20(11-13-28(23)14-12-20)21-29(24,25)18-9-7-17(8-10-18)27-16-5-3-2-4-6-16/h2-10,21H,11-15H2,1H3. The van der Waals surface area contributed by atoms with E-state index < -0.39 is 32.3 Å². The lowest BCUT2D eigenvalue weighted by Crippen LogP contribution is -2.53. The van der Waals surface area contributed by atoms with Crippen LogP contribution < -0.4 is 9.46 Å². The quantitative estimate of drug-likeness (QED) is 0.669. The first-order valence-electron chi connectivity index (χ1n) is 9.11. The monoisotopic (exact) mass is 437 g/mol. The zero-order valence-electron chi connectivity index (χ0n) is 16.0. The van der Waals surface area contributed by atoms with Gasteiger partial charge in [-0.1, -0.05) is 18.2 Å². The fraction of sp³-hybridized carbons (Fsp3) is 0.350. The van der Waals surface area contributed by atoms with E-state index in [1.807, 2.05) is 18.2 Å². The molecule has 1 saturated heterocycles. The Hall–Kier alpha value is -2.23. The number of para-hydroxylation sites is 1. The highest BCUT2D eigenvalue weighted by molar-refractivity contribution is 7.89. The van der Waals surface area contributed by atoms with Gasteiger partial charge >= 0.3 is 5.97 Å². The lowest BCUT2D eigenvalue weighted by Gasteiger charge is -2.36. The largest absolute Gasteiger partial charge is 0.469 e. The third-order valence-corrected chi connectivity index (χ3v) is 7.70. The van der Waals surface area contributed by atoms with E-state index in [9.17, 15) is 17.4 Å². The van der Waals surface area contributed by atoms with Crippen molar-refractivity contribution in [2.24, 2.45) is 0 Å². The Bertz CT molecular complexity index is 964. The average molecular weight is 438 g/mol. The minimum Gasteiger partial charge on any atom is -0.469 e. The highest BCUT2D eigenvalue weighted by Crippen LogP contribution is 2.29. The van der Waals surface area contributed by atoms with E-state index in [2.05, 4.69) is 4.72 Å². The summed E-state index contributed by atoms with van der Waals surface area (Å²) < 4.78 is 50.7. The van der Waals surface area contributed by atoms with E-state index in [0.29, 0.717) is 35.8 Å². The Balaban J connectivity index is 1.77. The van der Waals surface area contributed by atoms with Crippen molar-refractivity contribution in [1.29, 1.82) is 0 Å². The number of methoxy groups -OCH3 is 1. The molecule has 1 fully saturated rings. The van der Waals surface area contributed by atoms with Gasteiger partial charge in [-0.2, -0.15) is 0 Å². The Kier molecular flexibility index (Phi) is 6.71. The van der Waals surface area contributed by atoms with Crippen LogP contribution in [0.3, 0.4) is 0 Å². The summed E-state index contributed by atoms with van der Waals surface area (Å²) in [6, 6.07) is 15.2. The number of benzene rings is 2. The highest BCUT2D eigenvalue weighted by atomic mass is 32.2. The van der Waals surface area contributed by atoms with Crippen LogP contribution in [-0.4, -0.2) is 42.8 Å². The van der Waals surface area contributed by atoms with Gasteiger partial charge in [-0.25, -0.2) is 13.1 Å². The molecule has 2 aromatic rings. The maximum Gasteiger partial charge on any atom is 0.307 e. The first-order chi connectivity index (χ1) is 13.8. The van der Waals surface area contributed by atoms with Crippen LogP contribution in [0.25, 0.3) is 0 Å². The minimum atomic E-state index is -3.89. The molecule has 7 nitrogen and oxygen atoms in total. The highest BCUT2D eigenvalue weighted by Gasteiger charge is 2.40. The molecule has 9 heteroatoms. The normalized spacial score (nSPS) is 22.0. The summed E-state index contributed by atoms with van der Waals surface area (Å²) in [5, 5.41) is 0. The van der Waals surface area contributed by atoms with Gasteiger partial charge in [0.15, 0.2) is 0 Å². The number of carbonyl (C=O) groups excluding carboxylic acids is 1. The van der Waals surface area contributed by atoms with Gasteiger partial charge in [0.2, 0.25) is 10.0 Å². The van der Waals surface area contributed by atoms with Crippen LogP contribution in [0.4, 0.5) is 0 Å². The molecule has 0 amide bonds. The van der Waals surface area contributed by atoms with Crippen LogP contribution in [-0.2, 0) is 30.4 Å². The van der Waals surface area contributed by atoms with Gasteiger partial charge < -0.3 is 9.47 Å². The van der Waals surface area contributed by atoms with E-state index >= 15 is 0 Å². The van der Waals surface area contributed by atoms with Crippen LogP contribution >= 0.6 is 0 Å². The summed E-state index contributed by atoms with van der Waals surface area (Å²) in [6.07, 6.45) is 0.515. The van der Waals surface area contributed by atoms with Gasteiger partial charge in [-0.3, -0.25) is 9.00 Å². The van der Waals surface area contributed by atoms with Crippen molar-refractivity contribution in [2.45, 2.75) is 29.7 Å². The van der Waals surface area contributed by atoms with Crippen molar-refractivity contribution >= 4 is 26.8 Å². The number of nitrogens with one attached hydrogen (secondary N) is 1. The summed E-state index contributed by atoms with van der Waals surface area (Å²) in [6.45, 7) is 0. The minimum absolute atomic E-state index is 0.0637. The maximum absolute atomic E-state index is 12.9. The molecule has 0 aliphatic carbocycles. The number of carbonyl (C=O) groups is 1. The first-order valence-corrected chi connectivity index (χ1v) is 12.1. The van der Waals surface area contributed by atoms with Crippen LogP contribution in [0.1, 0.15) is 19.3 Å². The number of sulfonamides is 1. The fourth-order valence-electron chi connectivity index (χ4n) is 3.16. The molecule has 0 spiro atoms. The predicted octanol–water partition coefficient (Wildman–Crippen LogP) is 2.60. The second kappa shape index (κ2) is 9.06. The molecule has 0 bridgehead atoms. The molecule has 1 N–H and O–H groups in total. The molecule has 0 radical (unpaired) electrons. The smallest absolute Gasteiger partial charge is 0.307 e. The second-order valence-electron chi connectivity index (χ2n) is 6.87. The lowest BCUT2D eigenvalue weighted by atomic mass is 9.90. The van der Waals surface area contributed by atoms with Crippen molar-refractivity contribution in [3.05, 3.63) is 54.6 Å². The molecule has 0 saturated carbocycles. The Morgan fingerprint density at radius 2 is 1.62 bits per heavy atom. The van der Waals surface area contributed by atoms with Crippen molar-refractivity contribution in [3.8, 4) is 11.5 Å². The van der Waals surface area contributed by atoms with Crippen LogP contribution in [0.5, 0.6) is 11.5 Å². The second-order valence-corrected chi connectivity index (χ2v) is 10.3. The third-order valence-electron chi connectivity index (χ3n) is 4.79. The molecule has 0 unspecified atom stereocenters. The fourth-order valence-corrected chi connectivity index (χ4v) is 6.06. The molecule has 1 heterocycles. The first kappa shape index (κ1) is 21.5. The van der Waals surface area contributed by atoms with Crippen LogP contribution in [0, 0.1) is 0 Å². The molecule has 1 aliphatic rings. The summed E-state index contributed by atoms with van der Waals surface area (Å²) >= 11 is 0. The number of rotatable bonds is 7.